The van der Waals surface area contributed by atoms with E-state index in [1.165, 1.54) is 5.56 Å². The lowest BCUT2D eigenvalue weighted by molar-refractivity contribution is 0.593. The summed E-state index contributed by atoms with van der Waals surface area (Å²) in [7, 11) is 0. The monoisotopic (exact) mass is 455 g/mol. The molecule has 0 bridgehead atoms. The predicted octanol–water partition coefficient (Wildman–Crippen LogP) is 7.95. The zero-order chi connectivity index (χ0) is 24.4. The van der Waals surface area contributed by atoms with Gasteiger partial charge in [-0.05, 0) is 50.1 Å². The molecule has 5 aromatic rings. The first kappa shape index (κ1) is 22.2. The van der Waals surface area contributed by atoms with Crippen molar-refractivity contribution in [3.05, 3.63) is 119 Å². The van der Waals surface area contributed by atoms with Crippen LogP contribution in [0.3, 0.4) is 0 Å². The molecule has 0 radical (unpaired) electrons. The maximum Gasteiger partial charge on any atom is 0.238 e. The molecule has 4 heteroatoms. The first-order valence-electron chi connectivity index (χ1n) is 11.5. The standard InChI is InChI=1S/C31H25N3O/c1-21-11-10-16-27(17-21)34-22(2)18-26(23(34)3)20-33-31-28(19-32)29(24-12-6-4-7-13-24)30(35-31)25-14-8-5-9-15-25/h4-18,20H,1-3H3. The van der Waals surface area contributed by atoms with Crippen LogP contribution in [0, 0.1) is 32.1 Å². The van der Waals surface area contributed by atoms with Crippen LogP contribution in [0.1, 0.15) is 28.1 Å². The molecule has 0 atom stereocenters. The third-order valence-electron chi connectivity index (χ3n) is 6.15. The van der Waals surface area contributed by atoms with E-state index in [1.54, 1.807) is 6.21 Å². The molecule has 0 unspecified atom stereocenters. The van der Waals surface area contributed by atoms with Gasteiger partial charge < -0.3 is 8.98 Å². The van der Waals surface area contributed by atoms with Gasteiger partial charge in [0.1, 0.15) is 17.4 Å². The molecule has 170 valence electrons. The quantitative estimate of drug-likeness (QED) is 0.252. The molecule has 0 spiro atoms. The Morgan fingerprint density at radius 1 is 0.829 bits per heavy atom. The average Bonchev–Trinajstić information content (AvgIpc) is 3.39. The van der Waals surface area contributed by atoms with Gasteiger partial charge in [0, 0.05) is 40.0 Å². The van der Waals surface area contributed by atoms with Crippen molar-refractivity contribution in [1.82, 2.24) is 4.57 Å². The Labute approximate surface area is 205 Å². The van der Waals surface area contributed by atoms with E-state index < -0.39 is 0 Å². The van der Waals surface area contributed by atoms with Gasteiger partial charge in [0.25, 0.3) is 0 Å². The van der Waals surface area contributed by atoms with Crippen molar-refractivity contribution >= 4 is 12.1 Å². The van der Waals surface area contributed by atoms with E-state index >= 15 is 0 Å². The van der Waals surface area contributed by atoms with E-state index in [4.69, 9.17) is 4.42 Å². The van der Waals surface area contributed by atoms with E-state index in [-0.39, 0.29) is 0 Å². The summed E-state index contributed by atoms with van der Waals surface area (Å²) in [5.41, 5.74) is 8.52. The van der Waals surface area contributed by atoms with E-state index in [0.717, 1.165) is 39.3 Å². The van der Waals surface area contributed by atoms with Crippen LogP contribution in [0.15, 0.2) is 100 Å². The Bertz CT molecular complexity index is 1570. The lowest BCUT2D eigenvalue weighted by atomic mass is 9.98. The van der Waals surface area contributed by atoms with Crippen LogP contribution in [-0.4, -0.2) is 10.8 Å². The highest BCUT2D eigenvalue weighted by Gasteiger charge is 2.22. The molecular weight excluding hydrogens is 430 g/mol. The summed E-state index contributed by atoms with van der Waals surface area (Å²) in [6.45, 7) is 6.26. The lowest BCUT2D eigenvalue weighted by Crippen LogP contribution is -1.99. The van der Waals surface area contributed by atoms with Gasteiger partial charge >= 0.3 is 0 Å². The topological polar surface area (TPSA) is 54.2 Å². The number of furan rings is 1. The summed E-state index contributed by atoms with van der Waals surface area (Å²) in [6, 6.07) is 32.6. The zero-order valence-electron chi connectivity index (χ0n) is 20.0. The van der Waals surface area contributed by atoms with Crippen molar-refractivity contribution in [2.45, 2.75) is 20.8 Å². The average molecular weight is 456 g/mol. The number of aromatic nitrogens is 1. The van der Waals surface area contributed by atoms with E-state index in [1.807, 2.05) is 60.7 Å². The molecule has 35 heavy (non-hydrogen) atoms. The molecule has 0 aliphatic rings. The second-order valence-electron chi connectivity index (χ2n) is 8.59. The second kappa shape index (κ2) is 9.32. The van der Waals surface area contributed by atoms with Crippen LogP contribution >= 0.6 is 0 Å². The maximum atomic E-state index is 10.1. The van der Waals surface area contributed by atoms with E-state index in [0.29, 0.717) is 17.2 Å². The molecule has 0 fully saturated rings. The van der Waals surface area contributed by atoms with Gasteiger partial charge in [-0.15, -0.1) is 0 Å². The van der Waals surface area contributed by atoms with E-state index in [9.17, 15) is 5.26 Å². The minimum Gasteiger partial charge on any atom is -0.436 e. The van der Waals surface area contributed by atoms with Gasteiger partial charge in [0.05, 0.1) is 0 Å². The maximum absolute atomic E-state index is 10.1. The summed E-state index contributed by atoms with van der Waals surface area (Å²) >= 11 is 0. The SMILES string of the molecule is Cc1cccc(-n2c(C)cc(C=Nc3oc(-c4ccccc4)c(-c4ccccc4)c3C#N)c2C)c1. The van der Waals surface area contributed by atoms with Crippen LogP contribution in [0.4, 0.5) is 5.88 Å². The zero-order valence-corrected chi connectivity index (χ0v) is 20.0. The fourth-order valence-electron chi connectivity index (χ4n) is 4.50. The molecule has 0 saturated heterocycles. The van der Waals surface area contributed by atoms with E-state index in [2.05, 4.69) is 66.7 Å². The smallest absolute Gasteiger partial charge is 0.238 e. The third-order valence-corrected chi connectivity index (χ3v) is 6.15. The lowest BCUT2D eigenvalue weighted by Gasteiger charge is -2.10. The summed E-state index contributed by atoms with van der Waals surface area (Å²) in [5, 5.41) is 10.1. The van der Waals surface area contributed by atoms with Crippen LogP contribution in [0.2, 0.25) is 0 Å². The summed E-state index contributed by atoms with van der Waals surface area (Å²) in [4.78, 5) is 4.68. The minimum atomic E-state index is 0.311. The highest BCUT2D eigenvalue weighted by Crippen LogP contribution is 2.42. The number of aryl methyl sites for hydroxylation is 2. The number of rotatable bonds is 5. The van der Waals surface area contributed by atoms with Crippen molar-refractivity contribution in [3.8, 4) is 34.2 Å². The van der Waals surface area contributed by atoms with Gasteiger partial charge in [0.15, 0.2) is 0 Å². The van der Waals surface area contributed by atoms with Gasteiger partial charge in [-0.2, -0.15) is 5.26 Å². The van der Waals surface area contributed by atoms with Gasteiger partial charge in [-0.25, -0.2) is 4.99 Å². The molecule has 4 nitrogen and oxygen atoms in total. The predicted molar refractivity (Wildman–Crippen MR) is 142 cm³/mol. The molecule has 2 heterocycles. The number of hydrogen-bond acceptors (Lipinski definition) is 3. The van der Waals surface area contributed by atoms with Crippen LogP contribution in [0.5, 0.6) is 0 Å². The van der Waals surface area contributed by atoms with Crippen molar-refractivity contribution in [1.29, 1.82) is 5.26 Å². The molecule has 0 aliphatic carbocycles. The Balaban J connectivity index is 1.62. The molecule has 0 N–H and O–H groups in total. The largest absolute Gasteiger partial charge is 0.436 e. The molecule has 0 saturated carbocycles. The minimum absolute atomic E-state index is 0.311. The number of nitrogens with zero attached hydrogens (tertiary/aromatic N) is 3. The summed E-state index contributed by atoms with van der Waals surface area (Å²) < 4.78 is 8.46. The molecular formula is C31H25N3O. The fourth-order valence-corrected chi connectivity index (χ4v) is 4.50. The van der Waals surface area contributed by atoms with Crippen molar-refractivity contribution < 1.29 is 4.42 Å². The Morgan fingerprint density at radius 3 is 2.17 bits per heavy atom. The summed E-state index contributed by atoms with van der Waals surface area (Å²) in [6.07, 6.45) is 1.79. The third kappa shape index (κ3) is 4.20. The molecule has 5 rings (SSSR count). The van der Waals surface area contributed by atoms with Gasteiger partial charge in [-0.1, -0.05) is 72.8 Å². The fraction of sp³-hybridized carbons (Fsp3) is 0.0968. The molecule has 0 aliphatic heterocycles. The van der Waals surface area contributed by atoms with Crippen LogP contribution in [0.25, 0.3) is 28.1 Å². The number of hydrogen-bond donors (Lipinski definition) is 0. The van der Waals surface area contributed by atoms with Crippen LogP contribution in [-0.2, 0) is 0 Å². The first-order valence-corrected chi connectivity index (χ1v) is 11.5. The summed E-state index contributed by atoms with van der Waals surface area (Å²) in [5.74, 6) is 0.955. The number of aliphatic imine (C=N–C) groups is 1. The number of nitriles is 1. The Hall–Kier alpha value is -4.62. The van der Waals surface area contributed by atoms with Crippen molar-refractivity contribution in [2.24, 2.45) is 4.99 Å². The Kier molecular flexibility index (Phi) is 5.91. The van der Waals surface area contributed by atoms with Gasteiger partial charge in [0.2, 0.25) is 5.88 Å². The normalized spacial score (nSPS) is 11.1. The second-order valence-corrected chi connectivity index (χ2v) is 8.59. The van der Waals surface area contributed by atoms with Crippen LogP contribution < -0.4 is 0 Å². The number of benzene rings is 3. The van der Waals surface area contributed by atoms with Crippen molar-refractivity contribution in [3.63, 3.8) is 0 Å². The molecule has 0 amide bonds. The van der Waals surface area contributed by atoms with Crippen molar-refractivity contribution in [2.75, 3.05) is 0 Å². The molecule has 2 aromatic heterocycles. The first-order chi connectivity index (χ1) is 17.1. The Morgan fingerprint density at radius 2 is 1.51 bits per heavy atom. The van der Waals surface area contributed by atoms with Gasteiger partial charge in [-0.3, -0.25) is 0 Å². The highest BCUT2D eigenvalue weighted by atomic mass is 16.4. The molecule has 3 aromatic carbocycles. The highest BCUT2D eigenvalue weighted by molar-refractivity contribution is 5.90.